The molecule has 1 heterocycles. The Morgan fingerprint density at radius 2 is 1.77 bits per heavy atom. The van der Waals surface area contributed by atoms with Gasteiger partial charge in [-0.05, 0) is 23.3 Å². The van der Waals surface area contributed by atoms with Gasteiger partial charge in [0, 0.05) is 56.9 Å². The predicted octanol–water partition coefficient (Wildman–Crippen LogP) is 2.71. The molecule has 30 heavy (non-hydrogen) atoms. The average molecular weight is 430 g/mol. The number of rotatable bonds is 5. The Kier molecular flexibility index (Phi) is 7.24. The minimum atomic E-state index is -0.405. The van der Waals surface area contributed by atoms with Gasteiger partial charge in [0.15, 0.2) is 5.96 Å². The number of nitrogens with zero attached hydrogens (tertiary/aromatic N) is 4. The normalized spacial score (nSPS) is 14.5. The fourth-order valence-corrected chi connectivity index (χ4v) is 3.61. The van der Waals surface area contributed by atoms with E-state index in [0.717, 1.165) is 11.1 Å². The summed E-state index contributed by atoms with van der Waals surface area (Å²) in [5, 5.41) is 14.8. The zero-order chi connectivity index (χ0) is 21.5. The lowest BCUT2D eigenvalue weighted by Gasteiger charge is -2.36. The van der Waals surface area contributed by atoms with Crippen LogP contribution in [-0.4, -0.2) is 59.8 Å². The standard InChI is InChI=1S/C21H24ClN5O3/c1-23-21(24-15-17-5-3-7-19(13-17)27(29)30)26-10-8-25(9-11-26)20(28)14-16-4-2-6-18(22)12-16/h2-7,12-13H,8-11,14-15H2,1H3,(H,23,24). The highest BCUT2D eigenvalue weighted by Gasteiger charge is 2.23. The highest BCUT2D eigenvalue weighted by molar-refractivity contribution is 6.30. The number of aliphatic imine (C=N–C) groups is 1. The van der Waals surface area contributed by atoms with Gasteiger partial charge in [-0.1, -0.05) is 35.9 Å². The van der Waals surface area contributed by atoms with E-state index in [1.54, 1.807) is 25.2 Å². The van der Waals surface area contributed by atoms with Gasteiger partial charge in [-0.15, -0.1) is 0 Å². The topological polar surface area (TPSA) is 91.1 Å². The van der Waals surface area contributed by atoms with Gasteiger partial charge in [0.25, 0.3) is 5.69 Å². The molecule has 0 atom stereocenters. The van der Waals surface area contributed by atoms with Gasteiger partial charge in [0.05, 0.1) is 11.3 Å². The van der Waals surface area contributed by atoms with Crippen LogP contribution in [-0.2, 0) is 17.8 Å². The number of non-ortho nitro benzene ring substituents is 1. The molecule has 0 radical (unpaired) electrons. The summed E-state index contributed by atoms with van der Waals surface area (Å²) in [6.07, 6.45) is 0.334. The first-order chi connectivity index (χ1) is 14.5. The average Bonchev–Trinajstić information content (AvgIpc) is 2.75. The van der Waals surface area contributed by atoms with Crippen molar-refractivity contribution in [3.05, 3.63) is 74.8 Å². The maximum atomic E-state index is 12.6. The first-order valence-electron chi connectivity index (χ1n) is 9.67. The molecule has 1 saturated heterocycles. The summed E-state index contributed by atoms with van der Waals surface area (Å²) in [6.45, 7) is 2.97. The molecule has 158 valence electrons. The van der Waals surface area contributed by atoms with Crippen molar-refractivity contribution in [1.82, 2.24) is 15.1 Å². The number of hydrogen-bond acceptors (Lipinski definition) is 4. The Labute approximate surface area is 180 Å². The van der Waals surface area contributed by atoms with E-state index in [-0.39, 0.29) is 11.6 Å². The molecule has 9 heteroatoms. The lowest BCUT2D eigenvalue weighted by atomic mass is 10.1. The van der Waals surface area contributed by atoms with Crippen molar-refractivity contribution in [3.63, 3.8) is 0 Å². The number of carbonyl (C=O) groups excluding carboxylic acids is 1. The summed E-state index contributed by atoms with van der Waals surface area (Å²) in [5.74, 6) is 0.792. The van der Waals surface area contributed by atoms with Gasteiger partial charge >= 0.3 is 0 Å². The SMILES string of the molecule is CN=C(NCc1cccc([N+](=O)[O-])c1)N1CCN(C(=O)Cc2cccc(Cl)c2)CC1. The van der Waals surface area contributed by atoms with Gasteiger partial charge in [-0.2, -0.15) is 0 Å². The number of benzene rings is 2. The molecule has 0 bridgehead atoms. The molecule has 0 aliphatic carbocycles. The van der Waals surface area contributed by atoms with Crippen LogP contribution < -0.4 is 5.32 Å². The second-order valence-corrected chi connectivity index (χ2v) is 7.44. The zero-order valence-electron chi connectivity index (χ0n) is 16.8. The molecule has 0 spiro atoms. The maximum Gasteiger partial charge on any atom is 0.269 e. The van der Waals surface area contributed by atoms with E-state index in [9.17, 15) is 14.9 Å². The maximum absolute atomic E-state index is 12.6. The van der Waals surface area contributed by atoms with Crippen LogP contribution in [0, 0.1) is 10.1 Å². The number of hydrogen-bond donors (Lipinski definition) is 1. The minimum Gasteiger partial charge on any atom is -0.352 e. The summed E-state index contributed by atoms with van der Waals surface area (Å²) in [5.41, 5.74) is 1.78. The van der Waals surface area contributed by atoms with Crippen molar-refractivity contribution < 1.29 is 9.72 Å². The molecule has 8 nitrogen and oxygen atoms in total. The second-order valence-electron chi connectivity index (χ2n) is 7.00. The zero-order valence-corrected chi connectivity index (χ0v) is 17.5. The van der Waals surface area contributed by atoms with E-state index in [4.69, 9.17) is 11.6 Å². The quantitative estimate of drug-likeness (QED) is 0.341. The second kappa shape index (κ2) is 10.1. The first-order valence-corrected chi connectivity index (χ1v) is 10.0. The van der Waals surface area contributed by atoms with Crippen molar-refractivity contribution >= 4 is 29.2 Å². The Hall–Kier alpha value is -3.13. The number of amides is 1. The lowest BCUT2D eigenvalue weighted by molar-refractivity contribution is -0.384. The van der Waals surface area contributed by atoms with Crippen LogP contribution in [0.3, 0.4) is 0 Å². The van der Waals surface area contributed by atoms with Crippen LogP contribution in [0.15, 0.2) is 53.5 Å². The third kappa shape index (κ3) is 5.70. The number of nitro benzene ring substituents is 1. The first kappa shape index (κ1) is 21.6. The molecule has 0 aromatic heterocycles. The van der Waals surface area contributed by atoms with Crippen molar-refractivity contribution in [1.29, 1.82) is 0 Å². The number of nitro groups is 1. The number of guanidine groups is 1. The Morgan fingerprint density at radius 1 is 1.10 bits per heavy atom. The molecule has 1 fully saturated rings. The van der Waals surface area contributed by atoms with Gasteiger partial charge in [0.2, 0.25) is 5.91 Å². The van der Waals surface area contributed by atoms with Crippen LogP contribution in [0.25, 0.3) is 0 Å². The molecular formula is C21H24ClN5O3. The van der Waals surface area contributed by atoms with Crippen molar-refractivity contribution in [2.75, 3.05) is 33.2 Å². The largest absolute Gasteiger partial charge is 0.352 e. The molecule has 1 aliphatic heterocycles. The molecule has 0 unspecified atom stereocenters. The predicted molar refractivity (Wildman–Crippen MR) is 117 cm³/mol. The fraction of sp³-hybridized carbons (Fsp3) is 0.333. The molecule has 1 N–H and O–H groups in total. The Bertz CT molecular complexity index is 942. The van der Waals surface area contributed by atoms with Crippen LogP contribution in [0.5, 0.6) is 0 Å². The minimum absolute atomic E-state index is 0.0658. The molecule has 3 rings (SSSR count). The van der Waals surface area contributed by atoms with Gasteiger partial charge < -0.3 is 15.1 Å². The van der Waals surface area contributed by atoms with E-state index in [0.29, 0.717) is 50.1 Å². The summed E-state index contributed by atoms with van der Waals surface area (Å²) in [4.78, 5) is 31.4. The fourth-order valence-electron chi connectivity index (χ4n) is 3.39. The van der Waals surface area contributed by atoms with Gasteiger partial charge in [0.1, 0.15) is 0 Å². The molecule has 1 aliphatic rings. The molecule has 0 saturated carbocycles. The van der Waals surface area contributed by atoms with E-state index in [1.165, 1.54) is 6.07 Å². The highest BCUT2D eigenvalue weighted by Crippen LogP contribution is 2.14. The van der Waals surface area contributed by atoms with Crippen molar-refractivity contribution in [3.8, 4) is 0 Å². The van der Waals surface area contributed by atoms with E-state index < -0.39 is 4.92 Å². The Morgan fingerprint density at radius 3 is 2.43 bits per heavy atom. The molecule has 2 aromatic carbocycles. The van der Waals surface area contributed by atoms with Crippen LogP contribution in [0.2, 0.25) is 5.02 Å². The van der Waals surface area contributed by atoms with E-state index >= 15 is 0 Å². The molecular weight excluding hydrogens is 406 g/mol. The van der Waals surface area contributed by atoms with Crippen molar-refractivity contribution in [2.45, 2.75) is 13.0 Å². The lowest BCUT2D eigenvalue weighted by Crippen LogP contribution is -2.53. The van der Waals surface area contributed by atoms with Crippen LogP contribution in [0.1, 0.15) is 11.1 Å². The highest BCUT2D eigenvalue weighted by atomic mass is 35.5. The number of carbonyl (C=O) groups is 1. The third-order valence-corrected chi connectivity index (χ3v) is 5.20. The molecule has 1 amide bonds. The van der Waals surface area contributed by atoms with Crippen LogP contribution in [0.4, 0.5) is 5.69 Å². The number of nitrogens with one attached hydrogen (secondary N) is 1. The molecule has 2 aromatic rings. The Balaban J connectivity index is 1.51. The number of piperazine rings is 1. The number of halogens is 1. The van der Waals surface area contributed by atoms with Gasteiger partial charge in [-0.3, -0.25) is 19.9 Å². The smallest absolute Gasteiger partial charge is 0.269 e. The van der Waals surface area contributed by atoms with E-state index in [1.807, 2.05) is 29.2 Å². The summed E-state index contributed by atoms with van der Waals surface area (Å²) < 4.78 is 0. The van der Waals surface area contributed by atoms with Gasteiger partial charge in [-0.25, -0.2) is 0 Å². The summed E-state index contributed by atoms with van der Waals surface area (Å²) in [6, 6.07) is 13.9. The van der Waals surface area contributed by atoms with Crippen molar-refractivity contribution in [2.24, 2.45) is 4.99 Å². The summed E-state index contributed by atoms with van der Waals surface area (Å²) in [7, 11) is 1.70. The monoisotopic (exact) mass is 429 g/mol. The third-order valence-electron chi connectivity index (χ3n) is 4.96. The summed E-state index contributed by atoms with van der Waals surface area (Å²) >= 11 is 6.00. The van der Waals surface area contributed by atoms with E-state index in [2.05, 4.69) is 15.2 Å². The van der Waals surface area contributed by atoms with Crippen LogP contribution >= 0.6 is 11.6 Å².